The molecule has 0 aromatic carbocycles. The first-order valence-corrected chi connectivity index (χ1v) is 4.12. The number of rotatable bonds is 1. The molecule has 2 nitrogen and oxygen atoms in total. The van der Waals surface area contributed by atoms with Gasteiger partial charge < -0.3 is 0 Å². The number of halogens is 1. The average Bonchev–Trinajstić information content (AvgIpc) is 2.10. The van der Waals surface area contributed by atoms with E-state index in [9.17, 15) is 0 Å². The molecule has 1 rings (SSSR count). The Morgan fingerprint density at radius 3 is 2.40 bits per heavy atom. The summed E-state index contributed by atoms with van der Waals surface area (Å²) in [6.45, 7) is 6.21. The van der Waals surface area contributed by atoms with Gasteiger partial charge in [-0.2, -0.15) is 5.10 Å². The lowest BCUT2D eigenvalue weighted by Crippen LogP contribution is -2.02. The summed E-state index contributed by atoms with van der Waals surface area (Å²) in [5.74, 6) is 0. The number of hydrogen-bond donors (Lipinski definition) is 0. The van der Waals surface area contributed by atoms with Gasteiger partial charge in [0.1, 0.15) is 4.60 Å². The van der Waals surface area contributed by atoms with Crippen LogP contribution >= 0.6 is 15.9 Å². The second-order valence-corrected chi connectivity index (χ2v) is 3.46. The molecular weight excluding hydrogens is 192 g/mol. The van der Waals surface area contributed by atoms with E-state index in [0.29, 0.717) is 6.04 Å². The third-order valence-electron chi connectivity index (χ3n) is 1.30. The molecule has 1 heterocycles. The first-order chi connectivity index (χ1) is 4.61. The Balaban J connectivity index is 3.03. The topological polar surface area (TPSA) is 17.8 Å². The van der Waals surface area contributed by atoms with E-state index in [2.05, 4.69) is 34.9 Å². The lowest BCUT2D eigenvalue weighted by molar-refractivity contribution is 0.519. The van der Waals surface area contributed by atoms with E-state index in [0.717, 1.165) is 10.3 Å². The van der Waals surface area contributed by atoms with Gasteiger partial charge >= 0.3 is 0 Å². The van der Waals surface area contributed by atoms with Gasteiger partial charge in [-0.3, -0.25) is 4.68 Å². The van der Waals surface area contributed by atoms with Crippen molar-refractivity contribution in [1.29, 1.82) is 0 Å². The third kappa shape index (κ3) is 1.40. The average molecular weight is 203 g/mol. The summed E-state index contributed by atoms with van der Waals surface area (Å²) >= 11 is 3.42. The smallest absolute Gasteiger partial charge is 0.104 e. The monoisotopic (exact) mass is 202 g/mol. The molecule has 56 valence electrons. The van der Waals surface area contributed by atoms with Gasteiger partial charge in [-0.05, 0) is 42.8 Å². The van der Waals surface area contributed by atoms with Crippen molar-refractivity contribution in [2.45, 2.75) is 26.8 Å². The summed E-state index contributed by atoms with van der Waals surface area (Å²) in [5.41, 5.74) is 1.06. The van der Waals surface area contributed by atoms with Crippen LogP contribution in [0, 0.1) is 6.92 Å². The Labute approximate surface area is 69.4 Å². The van der Waals surface area contributed by atoms with Gasteiger partial charge in [0.25, 0.3) is 0 Å². The van der Waals surface area contributed by atoms with Gasteiger partial charge in [-0.15, -0.1) is 0 Å². The van der Waals surface area contributed by atoms with E-state index in [1.165, 1.54) is 0 Å². The van der Waals surface area contributed by atoms with Crippen molar-refractivity contribution >= 4 is 15.9 Å². The van der Waals surface area contributed by atoms with E-state index in [1.807, 2.05) is 17.7 Å². The molecule has 0 aliphatic rings. The highest BCUT2D eigenvalue weighted by molar-refractivity contribution is 9.10. The van der Waals surface area contributed by atoms with Crippen LogP contribution in [0.2, 0.25) is 0 Å². The number of nitrogens with zero attached hydrogens (tertiary/aromatic N) is 2. The molecule has 0 saturated heterocycles. The Kier molecular flexibility index (Phi) is 2.14. The van der Waals surface area contributed by atoms with Gasteiger partial charge in [0.05, 0.1) is 5.69 Å². The van der Waals surface area contributed by atoms with Gasteiger partial charge in [0, 0.05) is 6.04 Å². The molecule has 3 heteroatoms. The molecule has 0 fully saturated rings. The van der Waals surface area contributed by atoms with Crippen molar-refractivity contribution in [2.75, 3.05) is 0 Å². The highest BCUT2D eigenvalue weighted by Crippen LogP contribution is 2.15. The fraction of sp³-hybridized carbons (Fsp3) is 0.571. The highest BCUT2D eigenvalue weighted by Gasteiger charge is 2.03. The maximum absolute atomic E-state index is 4.28. The molecule has 10 heavy (non-hydrogen) atoms. The summed E-state index contributed by atoms with van der Waals surface area (Å²) in [6.07, 6.45) is 0. The highest BCUT2D eigenvalue weighted by atomic mass is 79.9. The second-order valence-electron chi connectivity index (χ2n) is 2.65. The first kappa shape index (κ1) is 7.79. The van der Waals surface area contributed by atoms with E-state index in [4.69, 9.17) is 0 Å². The van der Waals surface area contributed by atoms with Crippen LogP contribution < -0.4 is 0 Å². The van der Waals surface area contributed by atoms with Crippen molar-refractivity contribution in [3.8, 4) is 0 Å². The Bertz CT molecular complexity index is 228. The Morgan fingerprint density at radius 1 is 1.60 bits per heavy atom. The predicted octanol–water partition coefficient (Wildman–Crippen LogP) is 2.53. The molecule has 0 atom stereocenters. The molecule has 0 aliphatic heterocycles. The van der Waals surface area contributed by atoms with Crippen molar-refractivity contribution < 1.29 is 0 Å². The van der Waals surface area contributed by atoms with Gasteiger partial charge in [0.15, 0.2) is 0 Å². The summed E-state index contributed by atoms with van der Waals surface area (Å²) in [5, 5.41) is 4.28. The summed E-state index contributed by atoms with van der Waals surface area (Å²) < 4.78 is 3.01. The normalized spacial score (nSPS) is 10.9. The lowest BCUT2D eigenvalue weighted by Gasteiger charge is -2.05. The summed E-state index contributed by atoms with van der Waals surface area (Å²) in [6, 6.07) is 2.45. The molecule has 0 spiro atoms. The standard InChI is InChI=1S/C7H11BrN2/c1-5(2)10-7(8)4-6(3)9-10/h4-5H,1-3H3. The molecule has 0 radical (unpaired) electrons. The van der Waals surface area contributed by atoms with E-state index >= 15 is 0 Å². The fourth-order valence-electron chi connectivity index (χ4n) is 0.847. The van der Waals surface area contributed by atoms with Crippen LogP contribution in [0.1, 0.15) is 25.6 Å². The van der Waals surface area contributed by atoms with Crippen molar-refractivity contribution in [2.24, 2.45) is 0 Å². The molecule has 0 N–H and O–H groups in total. The largest absolute Gasteiger partial charge is 0.256 e. The van der Waals surface area contributed by atoms with Gasteiger partial charge in [-0.25, -0.2) is 0 Å². The van der Waals surface area contributed by atoms with Crippen molar-refractivity contribution in [3.05, 3.63) is 16.4 Å². The van der Waals surface area contributed by atoms with Crippen molar-refractivity contribution in [3.63, 3.8) is 0 Å². The molecule has 0 unspecified atom stereocenters. The van der Waals surface area contributed by atoms with Crippen LogP contribution in [-0.2, 0) is 0 Å². The summed E-state index contributed by atoms with van der Waals surface area (Å²) in [7, 11) is 0. The molecule has 0 amide bonds. The molecular formula is C7H11BrN2. The van der Waals surface area contributed by atoms with Gasteiger partial charge in [0.2, 0.25) is 0 Å². The predicted molar refractivity (Wildman–Crippen MR) is 45.0 cm³/mol. The first-order valence-electron chi connectivity index (χ1n) is 3.33. The zero-order valence-corrected chi connectivity index (χ0v) is 8.01. The molecule has 0 aliphatic carbocycles. The van der Waals surface area contributed by atoms with E-state index < -0.39 is 0 Å². The quantitative estimate of drug-likeness (QED) is 0.685. The van der Waals surface area contributed by atoms with E-state index in [1.54, 1.807) is 0 Å². The van der Waals surface area contributed by atoms with Crippen LogP contribution in [0.25, 0.3) is 0 Å². The van der Waals surface area contributed by atoms with Crippen LogP contribution in [-0.4, -0.2) is 9.78 Å². The number of aryl methyl sites for hydroxylation is 1. The zero-order chi connectivity index (χ0) is 7.72. The SMILES string of the molecule is Cc1cc(Br)n(C(C)C)n1. The Morgan fingerprint density at radius 2 is 2.20 bits per heavy atom. The molecule has 1 aromatic heterocycles. The second kappa shape index (κ2) is 2.74. The van der Waals surface area contributed by atoms with Crippen LogP contribution in [0.3, 0.4) is 0 Å². The van der Waals surface area contributed by atoms with Crippen LogP contribution in [0.5, 0.6) is 0 Å². The van der Waals surface area contributed by atoms with Crippen LogP contribution in [0.4, 0.5) is 0 Å². The van der Waals surface area contributed by atoms with Gasteiger partial charge in [-0.1, -0.05) is 0 Å². The maximum Gasteiger partial charge on any atom is 0.104 e. The fourth-order valence-corrected chi connectivity index (χ4v) is 1.67. The zero-order valence-electron chi connectivity index (χ0n) is 6.43. The van der Waals surface area contributed by atoms with Crippen molar-refractivity contribution in [1.82, 2.24) is 9.78 Å². The van der Waals surface area contributed by atoms with Crippen LogP contribution in [0.15, 0.2) is 10.7 Å². The maximum atomic E-state index is 4.28. The minimum absolute atomic E-state index is 0.433. The lowest BCUT2D eigenvalue weighted by atomic mass is 10.4. The number of aromatic nitrogens is 2. The molecule has 0 saturated carbocycles. The van der Waals surface area contributed by atoms with E-state index in [-0.39, 0.29) is 0 Å². The summed E-state index contributed by atoms with van der Waals surface area (Å²) in [4.78, 5) is 0. The minimum atomic E-state index is 0.433. The number of hydrogen-bond acceptors (Lipinski definition) is 1. The minimum Gasteiger partial charge on any atom is -0.256 e. The molecule has 1 aromatic rings. The Hall–Kier alpha value is -0.310. The molecule has 0 bridgehead atoms. The third-order valence-corrected chi connectivity index (χ3v) is 1.89.